The largest absolute Gasteiger partial charge is 0.573 e. The van der Waals surface area contributed by atoms with Gasteiger partial charge in [0.25, 0.3) is 0 Å². The smallest absolute Gasteiger partial charge is 0.406 e. The third-order valence-electron chi connectivity index (χ3n) is 3.27. The quantitative estimate of drug-likeness (QED) is 0.930. The molecule has 0 radical (unpaired) electrons. The van der Waals surface area contributed by atoms with E-state index in [0.29, 0.717) is 13.2 Å². The number of amides is 1. The van der Waals surface area contributed by atoms with Crippen LogP contribution in [0.4, 0.5) is 13.2 Å². The van der Waals surface area contributed by atoms with Crippen LogP contribution in [0.15, 0.2) is 24.3 Å². The van der Waals surface area contributed by atoms with Gasteiger partial charge < -0.3 is 14.8 Å². The number of carbonyl (C=O) groups excluding carboxylic acids is 1. The molecule has 7 heteroatoms. The highest BCUT2D eigenvalue weighted by Gasteiger charge is 2.31. The second-order valence-corrected chi connectivity index (χ2v) is 4.92. The Balaban J connectivity index is 2.14. The minimum atomic E-state index is -4.71. The molecule has 4 nitrogen and oxygen atoms in total. The molecule has 1 aromatic carbocycles. The molecule has 1 saturated heterocycles. The van der Waals surface area contributed by atoms with Crippen LogP contribution in [0.5, 0.6) is 5.75 Å². The first-order valence-corrected chi connectivity index (χ1v) is 6.56. The maximum atomic E-state index is 12.1. The Kier molecular flexibility index (Phi) is 4.72. The van der Waals surface area contributed by atoms with Gasteiger partial charge in [-0.15, -0.1) is 13.2 Å². The lowest BCUT2D eigenvalue weighted by molar-refractivity contribution is -0.274. The second kappa shape index (κ2) is 6.34. The summed E-state index contributed by atoms with van der Waals surface area (Å²) < 4.78 is 45.5. The van der Waals surface area contributed by atoms with Gasteiger partial charge in [0, 0.05) is 19.4 Å². The van der Waals surface area contributed by atoms with Crippen molar-refractivity contribution in [2.75, 3.05) is 13.2 Å². The highest BCUT2D eigenvalue weighted by atomic mass is 19.4. The van der Waals surface area contributed by atoms with Gasteiger partial charge >= 0.3 is 6.36 Å². The van der Waals surface area contributed by atoms with Gasteiger partial charge in [-0.25, -0.2) is 0 Å². The first-order valence-electron chi connectivity index (χ1n) is 6.56. The van der Waals surface area contributed by atoms with E-state index in [1.807, 2.05) is 0 Å². The predicted octanol–water partition coefficient (Wildman–Crippen LogP) is 2.80. The number of hydrogen-bond donors (Lipinski definition) is 1. The zero-order valence-corrected chi connectivity index (χ0v) is 11.4. The van der Waals surface area contributed by atoms with Crippen LogP contribution < -0.4 is 10.1 Å². The minimum Gasteiger partial charge on any atom is -0.406 e. The van der Waals surface area contributed by atoms with Crippen LogP contribution in [-0.4, -0.2) is 25.5 Å². The standard InChI is InChI=1S/C14H16F3NO3/c1-9(19)18-13(11-6-7-20-8-11)10-2-4-12(5-3-10)21-14(15,16)17/h2-5,11,13H,6-8H2,1H3,(H,18,19). The van der Waals surface area contributed by atoms with Crippen molar-refractivity contribution < 1.29 is 27.4 Å². The van der Waals surface area contributed by atoms with E-state index in [1.165, 1.54) is 31.2 Å². The zero-order chi connectivity index (χ0) is 15.5. The summed E-state index contributed by atoms with van der Waals surface area (Å²) in [4.78, 5) is 11.3. The number of hydrogen-bond acceptors (Lipinski definition) is 3. The summed E-state index contributed by atoms with van der Waals surface area (Å²) >= 11 is 0. The average Bonchev–Trinajstić information content (AvgIpc) is 2.88. The Morgan fingerprint density at radius 2 is 2.05 bits per heavy atom. The molecule has 116 valence electrons. The summed E-state index contributed by atoms with van der Waals surface area (Å²) in [6.45, 7) is 2.55. The minimum absolute atomic E-state index is 0.114. The average molecular weight is 303 g/mol. The summed E-state index contributed by atoms with van der Waals surface area (Å²) in [5, 5.41) is 2.82. The first-order chi connectivity index (χ1) is 9.85. The molecule has 0 spiro atoms. The normalized spacial score (nSPS) is 20.1. The van der Waals surface area contributed by atoms with Crippen LogP contribution in [0, 0.1) is 5.92 Å². The zero-order valence-electron chi connectivity index (χ0n) is 11.4. The molecular weight excluding hydrogens is 287 g/mol. The van der Waals surface area contributed by atoms with Gasteiger partial charge in [0.2, 0.25) is 5.91 Å². The molecule has 0 aliphatic carbocycles. The van der Waals surface area contributed by atoms with Crippen LogP contribution >= 0.6 is 0 Å². The highest BCUT2D eigenvalue weighted by molar-refractivity contribution is 5.73. The van der Waals surface area contributed by atoms with Crippen molar-refractivity contribution >= 4 is 5.91 Å². The Labute approximate surface area is 120 Å². The summed E-state index contributed by atoms with van der Waals surface area (Å²) in [7, 11) is 0. The molecule has 21 heavy (non-hydrogen) atoms. The fraction of sp³-hybridized carbons (Fsp3) is 0.500. The van der Waals surface area contributed by atoms with Crippen LogP contribution in [0.1, 0.15) is 24.9 Å². The lowest BCUT2D eigenvalue weighted by atomic mass is 9.92. The molecular formula is C14H16F3NO3. The second-order valence-electron chi connectivity index (χ2n) is 4.92. The van der Waals surface area contributed by atoms with Crippen molar-refractivity contribution in [1.29, 1.82) is 0 Å². The molecule has 0 bridgehead atoms. The Morgan fingerprint density at radius 1 is 1.38 bits per heavy atom. The molecule has 1 N–H and O–H groups in total. The van der Waals surface area contributed by atoms with Gasteiger partial charge in [-0.2, -0.15) is 0 Å². The fourth-order valence-corrected chi connectivity index (χ4v) is 2.38. The lowest BCUT2D eigenvalue weighted by Gasteiger charge is -2.24. The van der Waals surface area contributed by atoms with E-state index in [9.17, 15) is 18.0 Å². The molecule has 1 aromatic rings. The van der Waals surface area contributed by atoms with E-state index in [2.05, 4.69) is 10.1 Å². The van der Waals surface area contributed by atoms with Crippen molar-refractivity contribution in [2.45, 2.75) is 25.7 Å². The van der Waals surface area contributed by atoms with E-state index in [0.717, 1.165) is 12.0 Å². The number of nitrogens with one attached hydrogen (secondary N) is 1. The molecule has 0 saturated carbocycles. The Bertz CT molecular complexity index is 481. The Morgan fingerprint density at radius 3 is 2.52 bits per heavy atom. The molecule has 1 fully saturated rings. The van der Waals surface area contributed by atoms with Gasteiger partial charge in [-0.1, -0.05) is 12.1 Å². The highest BCUT2D eigenvalue weighted by Crippen LogP contribution is 2.31. The van der Waals surface area contributed by atoms with Gasteiger partial charge in [0.1, 0.15) is 5.75 Å². The fourth-order valence-electron chi connectivity index (χ4n) is 2.38. The van der Waals surface area contributed by atoms with Crippen LogP contribution in [0.2, 0.25) is 0 Å². The van der Waals surface area contributed by atoms with Crippen LogP contribution in [-0.2, 0) is 9.53 Å². The molecule has 2 unspecified atom stereocenters. The van der Waals surface area contributed by atoms with E-state index < -0.39 is 6.36 Å². The number of ether oxygens (including phenoxy) is 2. The first kappa shape index (κ1) is 15.6. The molecule has 1 aliphatic heterocycles. The number of alkyl halides is 3. The van der Waals surface area contributed by atoms with Crippen LogP contribution in [0.25, 0.3) is 0 Å². The van der Waals surface area contributed by atoms with Gasteiger partial charge in [-0.3, -0.25) is 4.79 Å². The lowest BCUT2D eigenvalue weighted by Crippen LogP contribution is -2.32. The SMILES string of the molecule is CC(=O)NC(c1ccc(OC(F)(F)F)cc1)C1CCOC1. The van der Waals surface area contributed by atoms with E-state index >= 15 is 0 Å². The molecule has 1 amide bonds. The maximum Gasteiger partial charge on any atom is 0.573 e. The Hall–Kier alpha value is -1.76. The number of benzene rings is 1. The molecule has 2 rings (SSSR count). The number of rotatable bonds is 4. The number of carbonyl (C=O) groups is 1. The van der Waals surface area contributed by atoms with Crippen LogP contribution in [0.3, 0.4) is 0 Å². The van der Waals surface area contributed by atoms with Gasteiger partial charge in [0.05, 0.1) is 12.6 Å². The topological polar surface area (TPSA) is 47.6 Å². The van der Waals surface area contributed by atoms with Gasteiger partial charge in [0.15, 0.2) is 0 Å². The van der Waals surface area contributed by atoms with Crippen molar-refractivity contribution in [2.24, 2.45) is 5.92 Å². The molecule has 1 heterocycles. The summed E-state index contributed by atoms with van der Waals surface area (Å²) in [5.41, 5.74) is 0.732. The maximum absolute atomic E-state index is 12.1. The molecule has 1 aliphatic rings. The summed E-state index contributed by atoms with van der Waals surface area (Å²) in [6.07, 6.45) is -3.91. The van der Waals surface area contributed by atoms with Crippen molar-refractivity contribution in [3.8, 4) is 5.75 Å². The van der Waals surface area contributed by atoms with E-state index in [1.54, 1.807) is 0 Å². The van der Waals surface area contributed by atoms with Crippen molar-refractivity contribution in [3.05, 3.63) is 29.8 Å². The molecule has 0 aromatic heterocycles. The van der Waals surface area contributed by atoms with E-state index in [4.69, 9.17) is 4.74 Å². The summed E-state index contributed by atoms with van der Waals surface area (Å²) in [6, 6.07) is 5.27. The molecule has 2 atom stereocenters. The number of halogens is 3. The van der Waals surface area contributed by atoms with Crippen molar-refractivity contribution in [1.82, 2.24) is 5.32 Å². The predicted molar refractivity (Wildman–Crippen MR) is 68.6 cm³/mol. The summed E-state index contributed by atoms with van der Waals surface area (Å²) in [5.74, 6) is -0.360. The monoisotopic (exact) mass is 303 g/mol. The van der Waals surface area contributed by atoms with Crippen molar-refractivity contribution in [3.63, 3.8) is 0 Å². The third kappa shape index (κ3) is 4.63. The van der Waals surface area contributed by atoms with E-state index in [-0.39, 0.29) is 23.6 Å². The third-order valence-corrected chi connectivity index (χ3v) is 3.27. The van der Waals surface area contributed by atoms with Gasteiger partial charge in [-0.05, 0) is 24.1 Å².